The van der Waals surface area contributed by atoms with Crippen LogP contribution in [0.4, 0.5) is 4.79 Å². The average Bonchev–Trinajstić information content (AvgIpc) is 3.15. The largest absolute Gasteiger partial charge is 0.516 e. The van der Waals surface area contributed by atoms with E-state index in [1.807, 2.05) is 20.8 Å². The van der Waals surface area contributed by atoms with Crippen LogP contribution in [-0.2, 0) is 19.1 Å². The Morgan fingerprint density at radius 1 is 0.971 bits per heavy atom. The molecule has 5 heteroatoms. The van der Waals surface area contributed by atoms with Gasteiger partial charge in [0.25, 0.3) is 0 Å². The monoisotopic (exact) mass is 488 g/mol. The zero-order valence-corrected chi connectivity index (χ0v) is 23.1. The molecule has 0 radical (unpaired) electrons. The van der Waals surface area contributed by atoms with Gasteiger partial charge in [-0.05, 0) is 91.3 Å². The van der Waals surface area contributed by atoms with Gasteiger partial charge >= 0.3 is 12.1 Å². The van der Waals surface area contributed by atoms with E-state index < -0.39 is 12.1 Å². The number of ether oxygens (including phenoxy) is 2. The number of ketones is 1. The van der Waals surface area contributed by atoms with Crippen LogP contribution in [0.2, 0.25) is 0 Å². The zero-order chi connectivity index (χ0) is 25.7. The van der Waals surface area contributed by atoms with Gasteiger partial charge in [-0.2, -0.15) is 0 Å². The van der Waals surface area contributed by atoms with E-state index in [0.717, 1.165) is 38.0 Å². The summed E-state index contributed by atoms with van der Waals surface area (Å²) in [6, 6.07) is 0. The van der Waals surface area contributed by atoms with Gasteiger partial charge in [-0.3, -0.25) is 9.59 Å². The van der Waals surface area contributed by atoms with Gasteiger partial charge in [0.15, 0.2) is 0 Å². The van der Waals surface area contributed by atoms with Gasteiger partial charge in [0.05, 0.1) is 12.5 Å². The van der Waals surface area contributed by atoms with E-state index in [1.165, 1.54) is 19.3 Å². The highest BCUT2D eigenvalue weighted by Gasteiger charge is 2.65. The lowest BCUT2D eigenvalue weighted by Crippen LogP contribution is -2.60. The third kappa shape index (κ3) is 4.48. The van der Waals surface area contributed by atoms with Crippen LogP contribution in [0.1, 0.15) is 99.8 Å². The van der Waals surface area contributed by atoms with Gasteiger partial charge in [-0.25, -0.2) is 4.79 Å². The molecule has 0 aromatic heterocycles. The maximum atomic E-state index is 14.1. The molecule has 0 amide bonds. The van der Waals surface area contributed by atoms with E-state index in [0.29, 0.717) is 23.5 Å². The summed E-state index contributed by atoms with van der Waals surface area (Å²) in [6.45, 7) is 15.4. The van der Waals surface area contributed by atoms with Crippen molar-refractivity contribution in [1.29, 1.82) is 0 Å². The fourth-order valence-electron chi connectivity index (χ4n) is 9.32. The molecule has 4 rings (SSSR count). The van der Waals surface area contributed by atoms with Crippen LogP contribution in [-0.4, -0.2) is 24.5 Å². The van der Waals surface area contributed by atoms with Crippen LogP contribution in [0, 0.1) is 64.1 Å². The average molecular weight is 489 g/mol. The van der Waals surface area contributed by atoms with Gasteiger partial charge in [0, 0.05) is 11.8 Å². The molecule has 4 aliphatic rings. The maximum Gasteiger partial charge on any atom is 0.516 e. The molecule has 35 heavy (non-hydrogen) atoms. The number of hydrogen-bond acceptors (Lipinski definition) is 5. The summed E-state index contributed by atoms with van der Waals surface area (Å²) in [5.74, 6) is 2.33. The van der Waals surface area contributed by atoms with Gasteiger partial charge in [0.2, 0.25) is 0 Å². The molecule has 0 saturated heterocycles. The highest BCUT2D eigenvalue weighted by molar-refractivity contribution is 5.86. The Hall–Kier alpha value is -1.39. The molecule has 4 fully saturated rings. The Bertz CT molecular complexity index is 835. The molecule has 0 unspecified atom stereocenters. The highest BCUT2D eigenvalue weighted by Crippen LogP contribution is 2.68. The first-order valence-corrected chi connectivity index (χ1v) is 14.4. The van der Waals surface area contributed by atoms with Crippen molar-refractivity contribution in [3.8, 4) is 0 Å². The Balaban J connectivity index is 1.53. The van der Waals surface area contributed by atoms with Crippen LogP contribution < -0.4 is 0 Å². The minimum absolute atomic E-state index is 0.0689. The molecule has 0 bridgehead atoms. The molecule has 5 nitrogen and oxygen atoms in total. The molecular weight excluding hydrogens is 440 g/mol. The number of carbonyl (C=O) groups excluding carboxylic acids is 3. The first-order valence-electron chi connectivity index (χ1n) is 14.4. The van der Waals surface area contributed by atoms with E-state index >= 15 is 0 Å². The summed E-state index contributed by atoms with van der Waals surface area (Å²) < 4.78 is 10.2. The predicted octanol–water partition coefficient (Wildman–Crippen LogP) is 7.07. The first kappa shape index (κ1) is 26.7. The van der Waals surface area contributed by atoms with Crippen LogP contribution in [0.3, 0.4) is 0 Å². The SMILES string of the molecule is CC[C@H]1C(=O)[C@@H]2[C@H](CC[C@]3(C)[C@@H]([C@H](C)C(=O)OC(=O)OCC(C)C)CC[C@@H]23)[C@@]2(C)CC[C@@H](C)C[C@@H]12. The molecule has 0 N–H and O–H groups in total. The minimum Gasteiger partial charge on any atom is -0.434 e. The molecule has 0 aliphatic heterocycles. The summed E-state index contributed by atoms with van der Waals surface area (Å²) >= 11 is 0. The molecule has 10 atom stereocenters. The number of carbonyl (C=O) groups is 3. The second-order valence-electron chi connectivity index (χ2n) is 13.5. The van der Waals surface area contributed by atoms with Crippen molar-refractivity contribution in [1.82, 2.24) is 0 Å². The first-order chi connectivity index (χ1) is 16.4. The molecule has 4 saturated carbocycles. The molecule has 0 spiro atoms. The van der Waals surface area contributed by atoms with Crippen LogP contribution >= 0.6 is 0 Å². The van der Waals surface area contributed by atoms with Crippen LogP contribution in [0.25, 0.3) is 0 Å². The zero-order valence-electron chi connectivity index (χ0n) is 23.1. The normalized spacial score (nSPS) is 43.7. The van der Waals surface area contributed by atoms with E-state index in [1.54, 1.807) is 0 Å². The lowest BCUT2D eigenvalue weighted by Gasteiger charge is -2.62. The van der Waals surface area contributed by atoms with Crippen LogP contribution in [0.5, 0.6) is 0 Å². The Morgan fingerprint density at radius 2 is 1.63 bits per heavy atom. The Morgan fingerprint density at radius 3 is 2.29 bits per heavy atom. The number of hydrogen-bond donors (Lipinski definition) is 0. The summed E-state index contributed by atoms with van der Waals surface area (Å²) in [5.41, 5.74) is 0.191. The van der Waals surface area contributed by atoms with Gasteiger partial charge < -0.3 is 9.47 Å². The van der Waals surface area contributed by atoms with E-state index in [4.69, 9.17) is 9.47 Å². The van der Waals surface area contributed by atoms with Crippen molar-refractivity contribution in [2.75, 3.05) is 6.61 Å². The lowest BCUT2D eigenvalue weighted by molar-refractivity contribution is -0.171. The van der Waals surface area contributed by atoms with Crippen molar-refractivity contribution < 1.29 is 23.9 Å². The van der Waals surface area contributed by atoms with Crippen molar-refractivity contribution in [2.24, 2.45) is 64.1 Å². The number of esters is 1. The second kappa shape index (κ2) is 9.82. The van der Waals surface area contributed by atoms with Gasteiger partial charge in [-0.1, -0.05) is 54.9 Å². The summed E-state index contributed by atoms with van der Waals surface area (Å²) in [4.78, 5) is 39.1. The minimum atomic E-state index is -0.891. The van der Waals surface area contributed by atoms with Crippen molar-refractivity contribution in [3.05, 3.63) is 0 Å². The van der Waals surface area contributed by atoms with E-state index in [-0.39, 0.29) is 47.0 Å². The predicted molar refractivity (Wildman–Crippen MR) is 135 cm³/mol. The third-order valence-corrected chi connectivity index (χ3v) is 11.2. The van der Waals surface area contributed by atoms with Gasteiger partial charge in [-0.15, -0.1) is 0 Å². The fourth-order valence-corrected chi connectivity index (χ4v) is 9.32. The molecule has 0 heterocycles. The fraction of sp³-hybridized carbons (Fsp3) is 0.900. The molecule has 0 aromatic carbocycles. The van der Waals surface area contributed by atoms with Crippen molar-refractivity contribution >= 4 is 17.9 Å². The Labute approximate surface area is 212 Å². The quantitative estimate of drug-likeness (QED) is 0.306. The Kier molecular flexibility index (Phi) is 7.48. The van der Waals surface area contributed by atoms with Crippen molar-refractivity contribution in [3.63, 3.8) is 0 Å². The summed E-state index contributed by atoms with van der Waals surface area (Å²) in [6.07, 6.45) is 7.83. The standard InChI is InChI=1S/C30H48O5/c1-8-20-24-15-18(4)11-13-30(24,7)23-12-14-29(6)21(9-10-22(29)25(23)26(20)31)19(5)27(32)35-28(33)34-16-17(2)3/h17-25H,8-16H2,1-7H3/t18-,19+,20-,21-,22+,23+,24+,25+,29-,30-/m1/s1. The van der Waals surface area contributed by atoms with E-state index in [9.17, 15) is 14.4 Å². The molecule has 0 aromatic rings. The maximum absolute atomic E-state index is 14.1. The number of fused-ring (bicyclic) bond motifs is 5. The topological polar surface area (TPSA) is 69.7 Å². The van der Waals surface area contributed by atoms with E-state index in [2.05, 4.69) is 27.7 Å². The van der Waals surface area contributed by atoms with Gasteiger partial charge in [0.1, 0.15) is 5.78 Å². The summed E-state index contributed by atoms with van der Waals surface area (Å²) in [7, 11) is 0. The second-order valence-corrected chi connectivity index (χ2v) is 13.5. The number of Topliss-reactive ketones (excluding diaryl/α,β-unsaturated/α-hetero) is 1. The smallest absolute Gasteiger partial charge is 0.434 e. The molecular formula is C30H48O5. The number of rotatable bonds is 5. The summed E-state index contributed by atoms with van der Waals surface area (Å²) in [5, 5.41) is 0. The highest BCUT2D eigenvalue weighted by atomic mass is 16.7. The molecule has 4 aliphatic carbocycles. The lowest BCUT2D eigenvalue weighted by atomic mass is 9.41. The van der Waals surface area contributed by atoms with Crippen LogP contribution in [0.15, 0.2) is 0 Å². The molecule has 198 valence electrons. The van der Waals surface area contributed by atoms with Crippen molar-refractivity contribution in [2.45, 2.75) is 99.8 Å². The third-order valence-electron chi connectivity index (χ3n) is 11.2.